The zero-order valence-electron chi connectivity index (χ0n) is 11.9. The average molecular weight is 302 g/mol. The standard InChI is InChI=1S/C16H18N2O2S/c1-13-5-4-6-14(11-13)20-10-9-17-15(19)12-21-16-7-2-3-8-18-16/h2-8,11H,9-10,12H2,1H3,(H,17,19). The Labute approximate surface area is 128 Å². The van der Waals surface area contributed by atoms with E-state index in [1.807, 2.05) is 49.4 Å². The Morgan fingerprint density at radius 3 is 2.95 bits per heavy atom. The van der Waals surface area contributed by atoms with Crippen molar-refractivity contribution in [2.45, 2.75) is 11.9 Å². The maximum absolute atomic E-state index is 11.7. The summed E-state index contributed by atoms with van der Waals surface area (Å²) in [5, 5.41) is 3.68. The molecule has 0 spiro atoms. The predicted octanol–water partition coefficient (Wildman–Crippen LogP) is 2.68. The molecule has 1 aromatic carbocycles. The highest BCUT2D eigenvalue weighted by atomic mass is 32.2. The number of ether oxygens (including phenoxy) is 1. The SMILES string of the molecule is Cc1cccc(OCCNC(=O)CSc2ccccn2)c1. The maximum Gasteiger partial charge on any atom is 0.230 e. The first kappa shape index (κ1) is 15.4. The number of amides is 1. The molecule has 0 unspecified atom stereocenters. The van der Waals surface area contributed by atoms with Gasteiger partial charge in [-0.2, -0.15) is 0 Å². The zero-order valence-corrected chi connectivity index (χ0v) is 12.7. The van der Waals surface area contributed by atoms with Crippen molar-refractivity contribution in [2.24, 2.45) is 0 Å². The van der Waals surface area contributed by atoms with Gasteiger partial charge in [-0.25, -0.2) is 4.98 Å². The third kappa shape index (κ3) is 5.87. The minimum atomic E-state index is -0.0153. The number of nitrogens with one attached hydrogen (secondary N) is 1. The summed E-state index contributed by atoms with van der Waals surface area (Å²) >= 11 is 1.42. The molecule has 1 heterocycles. The van der Waals surface area contributed by atoms with Crippen LogP contribution < -0.4 is 10.1 Å². The summed E-state index contributed by atoms with van der Waals surface area (Å²) in [4.78, 5) is 15.8. The largest absolute Gasteiger partial charge is 0.492 e. The molecular formula is C16H18N2O2S. The minimum absolute atomic E-state index is 0.0153. The van der Waals surface area contributed by atoms with E-state index in [0.717, 1.165) is 16.3 Å². The van der Waals surface area contributed by atoms with Crippen molar-refractivity contribution < 1.29 is 9.53 Å². The number of hydrogen-bond acceptors (Lipinski definition) is 4. The molecule has 0 aliphatic heterocycles. The van der Waals surface area contributed by atoms with E-state index in [-0.39, 0.29) is 5.91 Å². The van der Waals surface area contributed by atoms with Gasteiger partial charge in [-0.05, 0) is 36.8 Å². The summed E-state index contributed by atoms with van der Waals surface area (Å²) in [5.41, 5.74) is 1.16. The van der Waals surface area contributed by atoms with E-state index in [9.17, 15) is 4.79 Å². The van der Waals surface area contributed by atoms with Crippen molar-refractivity contribution in [2.75, 3.05) is 18.9 Å². The van der Waals surface area contributed by atoms with Gasteiger partial charge >= 0.3 is 0 Å². The number of thioether (sulfide) groups is 1. The summed E-state index contributed by atoms with van der Waals surface area (Å²) in [6, 6.07) is 13.5. The number of hydrogen-bond donors (Lipinski definition) is 1. The fourth-order valence-corrected chi connectivity index (χ4v) is 2.38. The van der Waals surface area contributed by atoms with Gasteiger partial charge < -0.3 is 10.1 Å². The molecule has 1 amide bonds. The van der Waals surface area contributed by atoms with Crippen LogP contribution >= 0.6 is 11.8 Å². The molecule has 0 aliphatic carbocycles. The van der Waals surface area contributed by atoms with Crippen LogP contribution in [0.15, 0.2) is 53.7 Å². The Balaban J connectivity index is 1.61. The van der Waals surface area contributed by atoms with Crippen LogP contribution in [0.1, 0.15) is 5.56 Å². The number of pyridine rings is 1. The lowest BCUT2D eigenvalue weighted by atomic mass is 10.2. The fourth-order valence-electron chi connectivity index (χ4n) is 1.69. The van der Waals surface area contributed by atoms with Crippen LogP contribution in [0.3, 0.4) is 0 Å². The van der Waals surface area contributed by atoms with Crippen molar-refractivity contribution in [3.05, 3.63) is 54.2 Å². The Bertz CT molecular complexity index is 575. The maximum atomic E-state index is 11.7. The summed E-state index contributed by atoms with van der Waals surface area (Å²) in [7, 11) is 0. The van der Waals surface area contributed by atoms with Crippen molar-refractivity contribution in [1.82, 2.24) is 10.3 Å². The van der Waals surface area contributed by atoms with Crippen LogP contribution in [0.4, 0.5) is 0 Å². The molecule has 1 aromatic heterocycles. The molecule has 0 saturated heterocycles. The molecule has 110 valence electrons. The van der Waals surface area contributed by atoms with Crippen molar-refractivity contribution in [3.63, 3.8) is 0 Å². The molecule has 0 atom stereocenters. The first-order valence-electron chi connectivity index (χ1n) is 6.74. The molecule has 0 saturated carbocycles. The summed E-state index contributed by atoms with van der Waals surface area (Å²) in [6.07, 6.45) is 1.72. The quantitative estimate of drug-likeness (QED) is 0.631. The highest BCUT2D eigenvalue weighted by Gasteiger charge is 2.03. The number of carbonyl (C=O) groups excluding carboxylic acids is 1. The van der Waals surface area contributed by atoms with E-state index in [0.29, 0.717) is 18.9 Å². The molecule has 4 nitrogen and oxygen atoms in total. The highest BCUT2D eigenvalue weighted by Crippen LogP contribution is 2.13. The van der Waals surface area contributed by atoms with Gasteiger partial charge in [0.2, 0.25) is 5.91 Å². The number of aryl methyl sites for hydroxylation is 1. The Hall–Kier alpha value is -2.01. The molecule has 1 N–H and O–H groups in total. The van der Waals surface area contributed by atoms with Crippen molar-refractivity contribution >= 4 is 17.7 Å². The van der Waals surface area contributed by atoms with Gasteiger partial charge in [-0.1, -0.05) is 30.0 Å². The summed E-state index contributed by atoms with van der Waals surface area (Å²) < 4.78 is 5.57. The third-order valence-electron chi connectivity index (χ3n) is 2.67. The molecule has 0 aliphatic rings. The molecule has 2 rings (SSSR count). The Morgan fingerprint density at radius 2 is 2.19 bits per heavy atom. The first-order chi connectivity index (χ1) is 10.2. The van der Waals surface area contributed by atoms with Crippen LogP contribution in [-0.2, 0) is 4.79 Å². The summed E-state index contributed by atoms with van der Waals surface area (Å²) in [6.45, 7) is 2.97. The topological polar surface area (TPSA) is 51.2 Å². The minimum Gasteiger partial charge on any atom is -0.492 e. The average Bonchev–Trinajstić information content (AvgIpc) is 2.51. The zero-order chi connectivity index (χ0) is 14.9. The third-order valence-corrected chi connectivity index (χ3v) is 3.62. The van der Waals surface area contributed by atoms with Gasteiger partial charge in [0.1, 0.15) is 12.4 Å². The van der Waals surface area contributed by atoms with Crippen LogP contribution in [0, 0.1) is 6.92 Å². The van der Waals surface area contributed by atoms with E-state index in [4.69, 9.17) is 4.74 Å². The monoisotopic (exact) mass is 302 g/mol. The van der Waals surface area contributed by atoms with Gasteiger partial charge in [0.15, 0.2) is 0 Å². The highest BCUT2D eigenvalue weighted by molar-refractivity contribution is 7.99. The van der Waals surface area contributed by atoms with E-state index < -0.39 is 0 Å². The van der Waals surface area contributed by atoms with Crippen LogP contribution in [0.25, 0.3) is 0 Å². The van der Waals surface area contributed by atoms with Gasteiger partial charge in [-0.3, -0.25) is 4.79 Å². The second-order valence-electron chi connectivity index (χ2n) is 4.47. The fraction of sp³-hybridized carbons (Fsp3) is 0.250. The van der Waals surface area contributed by atoms with Gasteiger partial charge in [0.25, 0.3) is 0 Å². The van der Waals surface area contributed by atoms with Crippen LogP contribution in [0.2, 0.25) is 0 Å². The van der Waals surface area contributed by atoms with Crippen molar-refractivity contribution in [1.29, 1.82) is 0 Å². The van der Waals surface area contributed by atoms with E-state index in [1.165, 1.54) is 11.8 Å². The molecule has 0 fully saturated rings. The molecular weight excluding hydrogens is 284 g/mol. The van der Waals surface area contributed by atoms with E-state index >= 15 is 0 Å². The normalized spacial score (nSPS) is 10.1. The number of benzene rings is 1. The van der Waals surface area contributed by atoms with Crippen LogP contribution in [-0.4, -0.2) is 29.8 Å². The van der Waals surface area contributed by atoms with Crippen LogP contribution in [0.5, 0.6) is 5.75 Å². The Morgan fingerprint density at radius 1 is 1.29 bits per heavy atom. The summed E-state index contributed by atoms with van der Waals surface area (Å²) in [5.74, 6) is 1.17. The lowest BCUT2D eigenvalue weighted by Gasteiger charge is -2.08. The predicted molar refractivity (Wildman–Crippen MR) is 84.6 cm³/mol. The molecule has 5 heteroatoms. The second kappa shape index (κ2) is 8.32. The van der Waals surface area contributed by atoms with E-state index in [2.05, 4.69) is 10.3 Å². The molecule has 0 bridgehead atoms. The molecule has 0 radical (unpaired) electrons. The van der Waals surface area contributed by atoms with Crippen molar-refractivity contribution in [3.8, 4) is 5.75 Å². The lowest BCUT2D eigenvalue weighted by Crippen LogP contribution is -2.29. The van der Waals surface area contributed by atoms with E-state index in [1.54, 1.807) is 6.20 Å². The van der Waals surface area contributed by atoms with Gasteiger partial charge in [-0.15, -0.1) is 0 Å². The van der Waals surface area contributed by atoms with Gasteiger partial charge in [0.05, 0.1) is 17.3 Å². The van der Waals surface area contributed by atoms with Gasteiger partial charge in [0, 0.05) is 6.20 Å². The number of aromatic nitrogens is 1. The molecule has 21 heavy (non-hydrogen) atoms. The number of nitrogens with zero attached hydrogens (tertiary/aromatic N) is 1. The first-order valence-corrected chi connectivity index (χ1v) is 7.72. The number of carbonyl (C=O) groups is 1. The molecule has 2 aromatic rings. The Kier molecular flexibility index (Phi) is 6.09. The number of rotatable bonds is 7. The second-order valence-corrected chi connectivity index (χ2v) is 5.47. The lowest BCUT2D eigenvalue weighted by molar-refractivity contribution is -0.118. The smallest absolute Gasteiger partial charge is 0.230 e.